The topological polar surface area (TPSA) is 79.7 Å². The molecule has 1 aromatic heterocycles. The molecule has 0 radical (unpaired) electrons. The predicted octanol–water partition coefficient (Wildman–Crippen LogP) is 3.34. The quantitative estimate of drug-likeness (QED) is 0.786. The lowest BCUT2D eigenvalue weighted by molar-refractivity contribution is -0.143. The molecule has 1 aliphatic heterocycles. The molecule has 1 saturated heterocycles. The van der Waals surface area contributed by atoms with E-state index in [1.807, 2.05) is 32.9 Å². The van der Waals surface area contributed by atoms with Crippen molar-refractivity contribution < 1.29 is 19.4 Å². The Morgan fingerprint density at radius 3 is 2.79 bits per heavy atom. The van der Waals surface area contributed by atoms with Crippen molar-refractivity contribution in [2.45, 2.75) is 39.2 Å². The summed E-state index contributed by atoms with van der Waals surface area (Å²) in [5.41, 5.74) is 0.366. The fourth-order valence-corrected chi connectivity index (χ4v) is 3.30. The van der Waals surface area contributed by atoms with E-state index < -0.39 is 17.5 Å². The predicted molar refractivity (Wildman–Crippen MR) is 92.7 cm³/mol. The average Bonchev–Trinajstić information content (AvgIpc) is 2.92. The van der Waals surface area contributed by atoms with Gasteiger partial charge in [-0.3, -0.25) is 4.79 Å². The lowest BCUT2D eigenvalue weighted by atomic mass is 9.86. The summed E-state index contributed by atoms with van der Waals surface area (Å²) in [7, 11) is 0. The third-order valence-corrected chi connectivity index (χ3v) is 4.44. The number of pyridine rings is 1. The van der Waals surface area contributed by atoms with Gasteiger partial charge in [-0.2, -0.15) is 0 Å². The van der Waals surface area contributed by atoms with E-state index in [9.17, 15) is 14.7 Å². The van der Waals surface area contributed by atoms with Crippen LogP contribution in [0, 0.1) is 11.8 Å². The maximum absolute atomic E-state index is 12.1. The second-order valence-electron chi connectivity index (χ2n) is 7.11. The Morgan fingerprint density at radius 2 is 2.21 bits per heavy atom. The largest absolute Gasteiger partial charge is 0.481 e. The van der Waals surface area contributed by atoms with Crippen LogP contribution in [0.4, 0.5) is 4.79 Å². The van der Waals surface area contributed by atoms with E-state index in [2.05, 4.69) is 20.9 Å². The monoisotopic (exact) mass is 398 g/mol. The van der Waals surface area contributed by atoms with Gasteiger partial charge in [0.25, 0.3) is 0 Å². The number of carbonyl (C=O) groups excluding carboxylic acids is 1. The van der Waals surface area contributed by atoms with Gasteiger partial charge >= 0.3 is 12.1 Å². The van der Waals surface area contributed by atoms with E-state index in [0.29, 0.717) is 30.5 Å². The number of rotatable bonds is 4. The van der Waals surface area contributed by atoms with Gasteiger partial charge in [-0.15, -0.1) is 0 Å². The van der Waals surface area contributed by atoms with E-state index in [1.54, 1.807) is 11.1 Å². The number of carbonyl (C=O) groups is 2. The van der Waals surface area contributed by atoms with Gasteiger partial charge in [-0.25, -0.2) is 9.78 Å². The first kappa shape index (κ1) is 18.7. The van der Waals surface area contributed by atoms with Crippen LogP contribution in [-0.2, 0) is 16.0 Å². The Kier molecular flexibility index (Phi) is 5.85. The molecule has 1 aromatic rings. The molecule has 0 unspecified atom stereocenters. The van der Waals surface area contributed by atoms with Crippen LogP contribution in [0.3, 0.4) is 0 Å². The number of hydrogen-bond acceptors (Lipinski definition) is 4. The highest BCUT2D eigenvalue weighted by molar-refractivity contribution is 9.10. The van der Waals surface area contributed by atoms with Crippen LogP contribution in [-0.4, -0.2) is 45.7 Å². The van der Waals surface area contributed by atoms with Crippen molar-refractivity contribution in [1.82, 2.24) is 9.88 Å². The van der Waals surface area contributed by atoms with Crippen molar-refractivity contribution in [3.05, 3.63) is 28.5 Å². The lowest BCUT2D eigenvalue weighted by Gasteiger charge is -2.25. The van der Waals surface area contributed by atoms with Crippen molar-refractivity contribution in [3.8, 4) is 0 Å². The van der Waals surface area contributed by atoms with Crippen LogP contribution in [0.5, 0.6) is 0 Å². The lowest BCUT2D eigenvalue weighted by Crippen LogP contribution is -2.36. The molecular weight excluding hydrogens is 376 g/mol. The molecule has 7 heteroatoms. The van der Waals surface area contributed by atoms with Gasteiger partial charge in [0.2, 0.25) is 0 Å². The smallest absolute Gasteiger partial charge is 0.410 e. The minimum atomic E-state index is -0.834. The van der Waals surface area contributed by atoms with Gasteiger partial charge in [0.05, 0.1) is 5.92 Å². The zero-order valence-electron chi connectivity index (χ0n) is 14.2. The summed E-state index contributed by atoms with van der Waals surface area (Å²) in [5.74, 6) is -1.45. The SMILES string of the molecule is CC(C)(C)OC(=O)N1CC[C@H]([C@H](Cc2ccnc(Br)c2)C(=O)O)C1. The van der Waals surface area contributed by atoms with Crippen LogP contribution in [0.2, 0.25) is 0 Å². The number of likely N-dealkylation sites (tertiary alicyclic amines) is 1. The molecule has 24 heavy (non-hydrogen) atoms. The van der Waals surface area contributed by atoms with Crippen molar-refractivity contribution in [1.29, 1.82) is 0 Å². The Morgan fingerprint density at radius 1 is 1.50 bits per heavy atom. The highest BCUT2D eigenvalue weighted by Crippen LogP contribution is 2.29. The Bertz CT molecular complexity index is 615. The molecule has 2 rings (SSSR count). The number of ether oxygens (including phenoxy) is 1. The fraction of sp³-hybridized carbons (Fsp3) is 0.588. The molecule has 132 valence electrons. The minimum Gasteiger partial charge on any atom is -0.481 e. The average molecular weight is 399 g/mol. The summed E-state index contributed by atoms with van der Waals surface area (Å²) in [6.07, 6.45) is 2.37. The second-order valence-corrected chi connectivity index (χ2v) is 7.92. The summed E-state index contributed by atoms with van der Waals surface area (Å²) in [6.45, 7) is 6.40. The zero-order valence-corrected chi connectivity index (χ0v) is 15.7. The molecule has 2 heterocycles. The maximum Gasteiger partial charge on any atom is 0.410 e. The van der Waals surface area contributed by atoms with Crippen LogP contribution in [0.15, 0.2) is 22.9 Å². The van der Waals surface area contributed by atoms with Crippen LogP contribution in [0.1, 0.15) is 32.8 Å². The first-order valence-electron chi connectivity index (χ1n) is 7.97. The van der Waals surface area contributed by atoms with Crippen molar-refractivity contribution in [2.24, 2.45) is 11.8 Å². The number of amides is 1. The van der Waals surface area contributed by atoms with Gasteiger partial charge < -0.3 is 14.7 Å². The van der Waals surface area contributed by atoms with E-state index in [1.165, 1.54) is 0 Å². The van der Waals surface area contributed by atoms with Crippen molar-refractivity contribution in [3.63, 3.8) is 0 Å². The fourth-order valence-electron chi connectivity index (χ4n) is 2.89. The maximum atomic E-state index is 12.1. The van der Waals surface area contributed by atoms with Gasteiger partial charge in [0.1, 0.15) is 10.2 Å². The van der Waals surface area contributed by atoms with Gasteiger partial charge in [-0.05, 0) is 73.2 Å². The summed E-state index contributed by atoms with van der Waals surface area (Å²) < 4.78 is 6.06. The number of carboxylic acid groups (broad SMARTS) is 1. The van der Waals surface area contributed by atoms with E-state index in [0.717, 1.165) is 5.56 Å². The Labute approximate surface area is 150 Å². The molecule has 6 nitrogen and oxygen atoms in total. The first-order valence-corrected chi connectivity index (χ1v) is 8.76. The van der Waals surface area contributed by atoms with Gasteiger partial charge in [-0.1, -0.05) is 0 Å². The van der Waals surface area contributed by atoms with Gasteiger partial charge in [0.15, 0.2) is 0 Å². The summed E-state index contributed by atoms with van der Waals surface area (Å²) in [5, 5.41) is 9.61. The standard InChI is InChI=1S/C17H23BrN2O4/c1-17(2,3)24-16(23)20-7-5-12(10-20)13(15(21)22)8-11-4-6-19-14(18)9-11/h4,6,9,12-13H,5,7-8,10H2,1-3H3,(H,21,22)/t12-,13-/m0/s1. The minimum absolute atomic E-state index is 0.0815. The molecule has 0 spiro atoms. The van der Waals surface area contributed by atoms with Gasteiger partial charge in [0, 0.05) is 19.3 Å². The van der Waals surface area contributed by atoms with Crippen LogP contribution < -0.4 is 0 Å². The molecule has 0 bridgehead atoms. The number of aromatic nitrogens is 1. The van der Waals surface area contributed by atoms with E-state index in [4.69, 9.17) is 4.74 Å². The molecule has 2 atom stereocenters. The number of hydrogen-bond donors (Lipinski definition) is 1. The Hall–Kier alpha value is -1.63. The molecular formula is C17H23BrN2O4. The Balaban J connectivity index is 2.02. The first-order chi connectivity index (χ1) is 11.2. The molecule has 1 fully saturated rings. The number of nitrogens with zero attached hydrogens (tertiary/aromatic N) is 2. The highest BCUT2D eigenvalue weighted by Gasteiger charge is 2.37. The highest BCUT2D eigenvalue weighted by atomic mass is 79.9. The number of carboxylic acids is 1. The molecule has 1 aliphatic rings. The normalized spacial score (nSPS) is 19.2. The zero-order chi connectivity index (χ0) is 17.9. The second kappa shape index (κ2) is 7.51. The van der Waals surface area contributed by atoms with Crippen molar-refractivity contribution in [2.75, 3.05) is 13.1 Å². The van der Waals surface area contributed by atoms with E-state index in [-0.39, 0.29) is 12.0 Å². The number of aliphatic carboxylic acids is 1. The summed E-state index contributed by atoms with van der Waals surface area (Å²) >= 11 is 3.30. The molecule has 1 N–H and O–H groups in total. The third-order valence-electron chi connectivity index (χ3n) is 4.01. The van der Waals surface area contributed by atoms with Crippen molar-refractivity contribution >= 4 is 28.0 Å². The van der Waals surface area contributed by atoms with Crippen LogP contribution in [0.25, 0.3) is 0 Å². The molecule has 0 saturated carbocycles. The van der Waals surface area contributed by atoms with E-state index >= 15 is 0 Å². The number of halogens is 1. The van der Waals surface area contributed by atoms with Crippen LogP contribution >= 0.6 is 15.9 Å². The molecule has 1 amide bonds. The molecule has 0 aliphatic carbocycles. The summed E-state index contributed by atoms with van der Waals surface area (Å²) in [4.78, 5) is 29.5. The summed E-state index contributed by atoms with van der Waals surface area (Å²) in [6, 6.07) is 3.65. The third kappa shape index (κ3) is 5.19. The molecule has 0 aromatic carbocycles.